The second-order valence-electron chi connectivity index (χ2n) is 6.42. The number of nitrogens with two attached hydrogens (primary N) is 1. The van der Waals surface area contributed by atoms with Crippen LogP contribution in [0.1, 0.15) is 41.6 Å². The summed E-state index contributed by atoms with van der Waals surface area (Å²) in [6, 6.07) is 11.3. The molecule has 4 rings (SSSR count). The van der Waals surface area contributed by atoms with Gasteiger partial charge in [-0.05, 0) is 31.4 Å². The molecule has 1 aromatic carbocycles. The Morgan fingerprint density at radius 2 is 2.08 bits per heavy atom. The van der Waals surface area contributed by atoms with Crippen LogP contribution in [-0.2, 0) is 0 Å². The van der Waals surface area contributed by atoms with E-state index in [4.69, 9.17) is 22.1 Å². The quantitative estimate of drug-likeness (QED) is 0.897. The topological polar surface area (TPSA) is 81.0 Å². The zero-order valence-electron chi connectivity index (χ0n) is 13.6. The Balaban J connectivity index is 2.04. The fourth-order valence-corrected chi connectivity index (χ4v) is 3.71. The Morgan fingerprint density at radius 1 is 1.36 bits per heavy atom. The number of hydrogen-bond donors (Lipinski definition) is 1. The van der Waals surface area contributed by atoms with Crippen molar-refractivity contribution in [2.75, 3.05) is 0 Å². The maximum Gasteiger partial charge on any atom is 0.258 e. The number of halogens is 1. The number of benzene rings is 1. The lowest BCUT2D eigenvalue weighted by atomic mass is 9.84. The van der Waals surface area contributed by atoms with Crippen molar-refractivity contribution < 1.29 is 4.74 Å². The van der Waals surface area contributed by atoms with Crippen LogP contribution in [0.3, 0.4) is 0 Å². The zero-order valence-corrected chi connectivity index (χ0v) is 14.4. The summed E-state index contributed by atoms with van der Waals surface area (Å²) in [5.74, 6) is -0.204. The van der Waals surface area contributed by atoms with E-state index in [2.05, 4.69) is 6.07 Å². The SMILES string of the molecule is Cc1cc2c(c(=O)n1C1CC1)C(c1ccccc1Cl)C(C#N)=C(N)O2. The Kier molecular flexibility index (Phi) is 3.59. The molecule has 6 heteroatoms. The van der Waals surface area contributed by atoms with E-state index in [1.165, 1.54) is 0 Å². The molecule has 5 nitrogen and oxygen atoms in total. The van der Waals surface area contributed by atoms with Gasteiger partial charge in [0.25, 0.3) is 5.56 Å². The first-order valence-corrected chi connectivity index (χ1v) is 8.48. The monoisotopic (exact) mass is 353 g/mol. The summed E-state index contributed by atoms with van der Waals surface area (Å²) in [4.78, 5) is 13.2. The highest BCUT2D eigenvalue weighted by Crippen LogP contribution is 2.44. The molecule has 25 heavy (non-hydrogen) atoms. The number of hydrogen-bond acceptors (Lipinski definition) is 4. The molecule has 1 unspecified atom stereocenters. The molecule has 2 N–H and O–H groups in total. The third kappa shape index (κ3) is 2.41. The van der Waals surface area contributed by atoms with Gasteiger partial charge < -0.3 is 15.0 Å². The van der Waals surface area contributed by atoms with Crippen LogP contribution in [-0.4, -0.2) is 4.57 Å². The van der Waals surface area contributed by atoms with Gasteiger partial charge in [-0.3, -0.25) is 4.79 Å². The molecule has 1 fully saturated rings. The first-order chi connectivity index (χ1) is 12.0. The minimum absolute atomic E-state index is 0.0166. The highest BCUT2D eigenvalue weighted by Gasteiger charge is 2.37. The van der Waals surface area contributed by atoms with Crippen molar-refractivity contribution in [1.29, 1.82) is 5.26 Å². The minimum atomic E-state index is -0.624. The number of nitriles is 1. The molecule has 1 saturated carbocycles. The number of nitrogens with zero attached hydrogens (tertiary/aromatic N) is 2. The predicted molar refractivity (Wildman–Crippen MR) is 94.5 cm³/mol. The van der Waals surface area contributed by atoms with Crippen molar-refractivity contribution in [1.82, 2.24) is 4.57 Å². The van der Waals surface area contributed by atoms with Crippen molar-refractivity contribution in [3.8, 4) is 11.8 Å². The van der Waals surface area contributed by atoms with Crippen molar-refractivity contribution in [2.24, 2.45) is 5.73 Å². The van der Waals surface area contributed by atoms with Gasteiger partial charge in [-0.25, -0.2) is 0 Å². The summed E-state index contributed by atoms with van der Waals surface area (Å²) in [6.07, 6.45) is 1.97. The number of allylic oxidation sites excluding steroid dienone is 1. The van der Waals surface area contributed by atoms with Gasteiger partial charge in [0.2, 0.25) is 5.88 Å². The van der Waals surface area contributed by atoms with Crippen LogP contribution < -0.4 is 16.0 Å². The van der Waals surface area contributed by atoms with E-state index in [9.17, 15) is 10.1 Å². The van der Waals surface area contributed by atoms with Crippen LogP contribution in [0.2, 0.25) is 5.02 Å². The first kappa shape index (κ1) is 15.8. The van der Waals surface area contributed by atoms with Gasteiger partial charge in [-0.2, -0.15) is 5.26 Å². The van der Waals surface area contributed by atoms with Crippen LogP contribution in [0.15, 0.2) is 46.6 Å². The third-order valence-corrected chi connectivity index (χ3v) is 5.09. The third-order valence-electron chi connectivity index (χ3n) is 4.75. The molecule has 0 radical (unpaired) electrons. The molecule has 0 amide bonds. The molecular formula is C19H16ClN3O2. The molecule has 1 atom stereocenters. The van der Waals surface area contributed by atoms with Crippen molar-refractivity contribution in [3.05, 3.63) is 74.0 Å². The summed E-state index contributed by atoms with van der Waals surface area (Å²) in [5.41, 5.74) is 7.99. The van der Waals surface area contributed by atoms with Crippen LogP contribution in [0.5, 0.6) is 5.75 Å². The molecule has 0 spiro atoms. The highest BCUT2D eigenvalue weighted by molar-refractivity contribution is 6.31. The normalized spacial score (nSPS) is 19.2. The smallest absolute Gasteiger partial charge is 0.258 e. The maximum atomic E-state index is 13.2. The zero-order chi connectivity index (χ0) is 17.7. The predicted octanol–water partition coefficient (Wildman–Crippen LogP) is 3.36. The lowest BCUT2D eigenvalue weighted by Crippen LogP contribution is -2.32. The standard InChI is InChI=1S/C19H16ClN3O2/c1-10-8-15-17(19(24)23(10)11-6-7-11)16(13(9-21)18(22)25-15)12-4-2-3-5-14(12)20/h2-5,8,11,16H,6-7,22H2,1H3. The van der Waals surface area contributed by atoms with E-state index < -0.39 is 5.92 Å². The Morgan fingerprint density at radius 3 is 2.72 bits per heavy atom. The average molecular weight is 354 g/mol. The number of fused-ring (bicyclic) bond motifs is 1. The fraction of sp³-hybridized carbons (Fsp3) is 0.263. The molecule has 1 aromatic heterocycles. The maximum absolute atomic E-state index is 13.2. The Bertz CT molecular complexity index is 1010. The van der Waals surface area contributed by atoms with Crippen molar-refractivity contribution in [2.45, 2.75) is 31.7 Å². The average Bonchev–Trinajstić information content (AvgIpc) is 3.39. The van der Waals surface area contributed by atoms with Gasteiger partial charge >= 0.3 is 0 Å². The number of aryl methyl sites for hydroxylation is 1. The number of aromatic nitrogens is 1. The number of pyridine rings is 1. The van der Waals surface area contributed by atoms with E-state index >= 15 is 0 Å². The van der Waals surface area contributed by atoms with Gasteiger partial charge in [0.1, 0.15) is 17.4 Å². The van der Waals surface area contributed by atoms with Crippen LogP contribution >= 0.6 is 11.6 Å². The first-order valence-electron chi connectivity index (χ1n) is 8.11. The minimum Gasteiger partial charge on any atom is -0.440 e. The fourth-order valence-electron chi connectivity index (χ4n) is 3.47. The van der Waals surface area contributed by atoms with Crippen molar-refractivity contribution >= 4 is 11.6 Å². The van der Waals surface area contributed by atoms with Gasteiger partial charge in [0.15, 0.2) is 0 Å². The van der Waals surface area contributed by atoms with E-state index in [1.807, 2.05) is 31.2 Å². The van der Waals surface area contributed by atoms with E-state index in [-0.39, 0.29) is 23.1 Å². The molecule has 1 aliphatic carbocycles. The van der Waals surface area contributed by atoms with Gasteiger partial charge in [-0.1, -0.05) is 29.8 Å². The highest BCUT2D eigenvalue weighted by atomic mass is 35.5. The Hall–Kier alpha value is -2.71. The molecule has 126 valence electrons. The summed E-state index contributed by atoms with van der Waals surface area (Å²) >= 11 is 6.37. The summed E-state index contributed by atoms with van der Waals surface area (Å²) in [6.45, 7) is 1.88. The second kappa shape index (κ2) is 5.68. The lowest BCUT2D eigenvalue weighted by molar-refractivity contribution is 0.388. The molecule has 1 aliphatic heterocycles. The Labute approximate surface area is 149 Å². The lowest BCUT2D eigenvalue weighted by Gasteiger charge is -2.27. The number of rotatable bonds is 2. The summed E-state index contributed by atoms with van der Waals surface area (Å²) < 4.78 is 7.42. The van der Waals surface area contributed by atoms with Gasteiger partial charge in [-0.15, -0.1) is 0 Å². The van der Waals surface area contributed by atoms with Gasteiger partial charge in [0.05, 0.1) is 11.5 Å². The molecule has 2 heterocycles. The van der Waals surface area contributed by atoms with Crippen molar-refractivity contribution in [3.63, 3.8) is 0 Å². The molecule has 0 saturated heterocycles. The van der Waals surface area contributed by atoms with Gasteiger partial charge in [0, 0.05) is 22.8 Å². The summed E-state index contributed by atoms with van der Waals surface area (Å²) in [5, 5.41) is 10.1. The van der Waals surface area contributed by atoms with Crippen LogP contribution in [0, 0.1) is 18.3 Å². The molecule has 2 aromatic rings. The van der Waals surface area contributed by atoms with Crippen LogP contribution in [0.25, 0.3) is 0 Å². The molecule has 2 aliphatic rings. The summed E-state index contributed by atoms with van der Waals surface area (Å²) in [7, 11) is 0. The van der Waals surface area contributed by atoms with E-state index in [0.717, 1.165) is 18.5 Å². The van der Waals surface area contributed by atoms with E-state index in [0.29, 0.717) is 21.9 Å². The van der Waals surface area contributed by atoms with E-state index in [1.54, 1.807) is 10.6 Å². The van der Waals surface area contributed by atoms with Crippen LogP contribution in [0.4, 0.5) is 0 Å². The molecule has 0 bridgehead atoms. The molecular weight excluding hydrogens is 338 g/mol. The number of ether oxygens (including phenoxy) is 1. The largest absolute Gasteiger partial charge is 0.440 e. The second-order valence-corrected chi connectivity index (χ2v) is 6.82.